The Morgan fingerprint density at radius 3 is 2.71 bits per heavy atom. The molecule has 0 radical (unpaired) electrons. The molecule has 2 rings (SSSR count). The van der Waals surface area contributed by atoms with E-state index in [1.54, 1.807) is 0 Å². The highest BCUT2D eigenvalue weighted by Gasteiger charge is 2.47. The Kier molecular flexibility index (Phi) is 2.05. The van der Waals surface area contributed by atoms with E-state index in [0.29, 0.717) is 17.4 Å². The summed E-state index contributed by atoms with van der Waals surface area (Å²) in [5, 5.41) is 10.7. The van der Waals surface area contributed by atoms with E-state index in [-0.39, 0.29) is 0 Å². The average Bonchev–Trinajstić information content (AvgIpc) is 2.52. The van der Waals surface area contributed by atoms with Gasteiger partial charge in [-0.05, 0) is 25.7 Å². The van der Waals surface area contributed by atoms with Crippen LogP contribution in [0, 0.1) is 5.41 Å². The minimum atomic E-state index is 0.443. The molecule has 78 valence electrons. The van der Waals surface area contributed by atoms with Gasteiger partial charge in [0.05, 0.1) is 0 Å². The van der Waals surface area contributed by atoms with Gasteiger partial charge in [0.1, 0.15) is 5.82 Å². The second-order valence-electron chi connectivity index (χ2n) is 5.25. The first kappa shape index (κ1) is 9.56. The van der Waals surface area contributed by atoms with Crippen LogP contribution in [-0.2, 0) is 0 Å². The Balaban J connectivity index is 2.04. The maximum atomic E-state index is 4.25. The third-order valence-corrected chi connectivity index (χ3v) is 2.92. The Bertz CT molecular complexity index is 325. The van der Waals surface area contributed by atoms with Gasteiger partial charge in [-0.25, -0.2) is 0 Å². The fourth-order valence-electron chi connectivity index (χ4n) is 1.88. The molecule has 1 aliphatic carbocycles. The summed E-state index contributed by atoms with van der Waals surface area (Å²) in [5.41, 5.74) is 1.75. The lowest BCUT2D eigenvalue weighted by atomic mass is 10.1. The van der Waals surface area contributed by atoms with E-state index in [1.165, 1.54) is 12.1 Å². The van der Waals surface area contributed by atoms with E-state index in [9.17, 15) is 0 Å². The number of nitrogens with zero attached hydrogens (tertiary/aromatic N) is 1. The SMILES string of the molecule is CC(C)Nc1cc(C2CC2(C)C)[nH]n1. The van der Waals surface area contributed by atoms with Crippen molar-refractivity contribution in [3.63, 3.8) is 0 Å². The van der Waals surface area contributed by atoms with Crippen LogP contribution in [0.5, 0.6) is 0 Å². The molecule has 0 bridgehead atoms. The maximum Gasteiger partial charge on any atom is 0.148 e. The molecule has 1 unspecified atom stereocenters. The number of anilines is 1. The third kappa shape index (κ3) is 1.76. The molecule has 1 fully saturated rings. The van der Waals surface area contributed by atoms with Crippen LogP contribution in [0.2, 0.25) is 0 Å². The first-order chi connectivity index (χ1) is 6.49. The number of H-pyrrole nitrogens is 1. The van der Waals surface area contributed by atoms with Crippen molar-refractivity contribution in [2.45, 2.75) is 46.1 Å². The molecule has 0 aliphatic heterocycles. The van der Waals surface area contributed by atoms with Gasteiger partial charge >= 0.3 is 0 Å². The third-order valence-electron chi connectivity index (χ3n) is 2.92. The van der Waals surface area contributed by atoms with E-state index >= 15 is 0 Å². The van der Waals surface area contributed by atoms with E-state index in [0.717, 1.165) is 5.82 Å². The predicted molar refractivity (Wildman–Crippen MR) is 58.5 cm³/mol. The number of hydrogen-bond acceptors (Lipinski definition) is 2. The Labute approximate surface area is 85.3 Å². The van der Waals surface area contributed by atoms with Crippen molar-refractivity contribution < 1.29 is 0 Å². The number of aromatic amines is 1. The van der Waals surface area contributed by atoms with Crippen molar-refractivity contribution in [1.29, 1.82) is 0 Å². The van der Waals surface area contributed by atoms with Gasteiger partial charge in [0, 0.05) is 23.7 Å². The summed E-state index contributed by atoms with van der Waals surface area (Å²) < 4.78 is 0. The van der Waals surface area contributed by atoms with Gasteiger partial charge in [0.25, 0.3) is 0 Å². The fraction of sp³-hybridized carbons (Fsp3) is 0.727. The summed E-state index contributed by atoms with van der Waals surface area (Å²) in [5.74, 6) is 1.65. The van der Waals surface area contributed by atoms with Gasteiger partial charge in [-0.15, -0.1) is 0 Å². The minimum absolute atomic E-state index is 0.443. The van der Waals surface area contributed by atoms with E-state index in [1.807, 2.05) is 0 Å². The lowest BCUT2D eigenvalue weighted by Crippen LogP contribution is -2.09. The zero-order valence-corrected chi connectivity index (χ0v) is 9.39. The van der Waals surface area contributed by atoms with Crippen LogP contribution in [0.25, 0.3) is 0 Å². The van der Waals surface area contributed by atoms with Crippen LogP contribution in [0.15, 0.2) is 6.07 Å². The van der Waals surface area contributed by atoms with Gasteiger partial charge in [-0.1, -0.05) is 13.8 Å². The number of hydrogen-bond donors (Lipinski definition) is 2. The summed E-state index contributed by atoms with van der Waals surface area (Å²) in [6.07, 6.45) is 1.27. The summed E-state index contributed by atoms with van der Waals surface area (Å²) in [6, 6.07) is 2.58. The van der Waals surface area contributed by atoms with Crippen LogP contribution < -0.4 is 5.32 Å². The van der Waals surface area contributed by atoms with Crippen molar-refractivity contribution in [2.75, 3.05) is 5.32 Å². The molecule has 3 nitrogen and oxygen atoms in total. The van der Waals surface area contributed by atoms with Gasteiger partial charge < -0.3 is 5.32 Å². The first-order valence-corrected chi connectivity index (χ1v) is 5.31. The summed E-state index contributed by atoms with van der Waals surface area (Å²) in [4.78, 5) is 0. The topological polar surface area (TPSA) is 40.7 Å². The van der Waals surface area contributed by atoms with Crippen LogP contribution in [0.4, 0.5) is 5.82 Å². The van der Waals surface area contributed by atoms with Gasteiger partial charge in [-0.2, -0.15) is 5.10 Å². The average molecular weight is 193 g/mol. The lowest BCUT2D eigenvalue weighted by Gasteiger charge is -2.04. The molecule has 0 saturated heterocycles. The lowest BCUT2D eigenvalue weighted by molar-refractivity contribution is 0.615. The second kappa shape index (κ2) is 3.01. The highest BCUT2D eigenvalue weighted by atomic mass is 15.2. The second-order valence-corrected chi connectivity index (χ2v) is 5.25. The number of rotatable bonds is 3. The zero-order chi connectivity index (χ0) is 10.3. The summed E-state index contributed by atoms with van der Waals surface area (Å²) >= 11 is 0. The highest BCUT2D eigenvalue weighted by molar-refractivity contribution is 5.39. The maximum absolute atomic E-state index is 4.25. The molecule has 14 heavy (non-hydrogen) atoms. The van der Waals surface area contributed by atoms with Crippen LogP contribution in [0.1, 0.15) is 45.7 Å². The standard InChI is InChI=1S/C11H19N3/c1-7(2)12-10-5-9(13-14-10)8-6-11(8,3)4/h5,7-8H,6H2,1-4H3,(H2,12,13,14). The summed E-state index contributed by atoms with van der Waals surface area (Å²) in [6.45, 7) is 8.84. The molecule has 3 heteroatoms. The molecule has 0 aromatic carbocycles. The number of aromatic nitrogens is 2. The fourth-order valence-corrected chi connectivity index (χ4v) is 1.88. The largest absolute Gasteiger partial charge is 0.366 e. The summed E-state index contributed by atoms with van der Waals surface area (Å²) in [7, 11) is 0. The molecule has 1 aromatic heterocycles. The van der Waals surface area contributed by atoms with Gasteiger partial charge in [-0.3, -0.25) is 5.10 Å². The van der Waals surface area contributed by atoms with Gasteiger partial charge in [0.15, 0.2) is 0 Å². The monoisotopic (exact) mass is 193 g/mol. The van der Waals surface area contributed by atoms with Crippen LogP contribution >= 0.6 is 0 Å². The Morgan fingerprint density at radius 1 is 1.57 bits per heavy atom. The quantitative estimate of drug-likeness (QED) is 0.775. The van der Waals surface area contributed by atoms with Crippen LogP contribution in [-0.4, -0.2) is 16.2 Å². The zero-order valence-electron chi connectivity index (χ0n) is 9.39. The molecule has 1 atom stereocenters. The normalized spacial score (nSPS) is 23.9. The Hall–Kier alpha value is -0.990. The molecule has 1 aromatic rings. The van der Waals surface area contributed by atoms with E-state index < -0.39 is 0 Å². The van der Waals surface area contributed by atoms with Crippen molar-refractivity contribution >= 4 is 5.82 Å². The van der Waals surface area contributed by atoms with Gasteiger partial charge in [0.2, 0.25) is 0 Å². The van der Waals surface area contributed by atoms with E-state index in [4.69, 9.17) is 0 Å². The molecule has 1 saturated carbocycles. The predicted octanol–water partition coefficient (Wildman–Crippen LogP) is 2.74. The molecule has 0 spiro atoms. The Morgan fingerprint density at radius 2 is 2.21 bits per heavy atom. The molecular formula is C11H19N3. The smallest absolute Gasteiger partial charge is 0.148 e. The van der Waals surface area contributed by atoms with Crippen molar-refractivity contribution in [3.8, 4) is 0 Å². The molecule has 0 amide bonds. The first-order valence-electron chi connectivity index (χ1n) is 5.31. The highest BCUT2D eigenvalue weighted by Crippen LogP contribution is 2.58. The number of nitrogens with one attached hydrogen (secondary N) is 2. The molecule has 2 N–H and O–H groups in total. The molecule has 1 heterocycles. The van der Waals surface area contributed by atoms with E-state index in [2.05, 4.69) is 49.3 Å². The minimum Gasteiger partial charge on any atom is -0.366 e. The van der Waals surface area contributed by atoms with Crippen LogP contribution in [0.3, 0.4) is 0 Å². The molecular weight excluding hydrogens is 174 g/mol. The molecule has 1 aliphatic rings. The van der Waals surface area contributed by atoms with Crippen molar-refractivity contribution in [3.05, 3.63) is 11.8 Å². The van der Waals surface area contributed by atoms with Crippen molar-refractivity contribution in [1.82, 2.24) is 10.2 Å². The van der Waals surface area contributed by atoms with Crippen molar-refractivity contribution in [2.24, 2.45) is 5.41 Å².